The normalized spacial score (nSPS) is 13.6. The maximum Gasteiger partial charge on any atom is 0.191 e. The average Bonchev–Trinajstić information content (AvgIpc) is 2.41. The minimum atomic E-state index is 0.426. The zero-order valence-electron chi connectivity index (χ0n) is 12.6. The van der Waals surface area contributed by atoms with E-state index in [1.807, 2.05) is 0 Å². The van der Waals surface area contributed by atoms with Crippen LogP contribution in [-0.2, 0) is 0 Å². The van der Waals surface area contributed by atoms with Gasteiger partial charge in [-0.3, -0.25) is 4.99 Å². The first-order valence-corrected chi connectivity index (χ1v) is 7.19. The van der Waals surface area contributed by atoms with Crippen molar-refractivity contribution in [2.24, 2.45) is 16.6 Å². The molecular formula is C16H27N3. The average molecular weight is 261 g/mol. The van der Waals surface area contributed by atoms with Crippen molar-refractivity contribution in [3.05, 3.63) is 35.9 Å². The van der Waals surface area contributed by atoms with Crippen LogP contribution < -0.4 is 5.73 Å². The molecule has 2 N–H and O–H groups in total. The summed E-state index contributed by atoms with van der Waals surface area (Å²) in [6.45, 7) is 11.2. The largest absolute Gasteiger partial charge is 0.370 e. The first kappa shape index (κ1) is 15.5. The lowest BCUT2D eigenvalue weighted by atomic mass is 9.88. The highest BCUT2D eigenvalue weighted by Crippen LogP contribution is 2.24. The SMILES string of the molecule is CCN(CC)C(N)=NCC(c1ccccc1)C(C)C. The topological polar surface area (TPSA) is 41.6 Å². The lowest BCUT2D eigenvalue weighted by molar-refractivity contribution is 0.451. The van der Waals surface area contributed by atoms with Gasteiger partial charge in [0.05, 0.1) is 0 Å². The Bertz CT molecular complexity index is 380. The van der Waals surface area contributed by atoms with Crippen LogP contribution in [0.3, 0.4) is 0 Å². The van der Waals surface area contributed by atoms with Crippen molar-refractivity contribution in [3.63, 3.8) is 0 Å². The highest BCUT2D eigenvalue weighted by molar-refractivity contribution is 5.78. The quantitative estimate of drug-likeness (QED) is 0.631. The zero-order valence-corrected chi connectivity index (χ0v) is 12.6. The molecule has 1 aromatic rings. The molecule has 19 heavy (non-hydrogen) atoms. The summed E-state index contributed by atoms with van der Waals surface area (Å²) in [5.41, 5.74) is 7.38. The molecule has 3 heteroatoms. The van der Waals surface area contributed by atoms with Crippen LogP contribution in [0.5, 0.6) is 0 Å². The third-order valence-electron chi connectivity index (χ3n) is 3.57. The maximum absolute atomic E-state index is 6.04. The fraction of sp³-hybridized carbons (Fsp3) is 0.562. The van der Waals surface area contributed by atoms with Gasteiger partial charge in [-0.25, -0.2) is 0 Å². The first-order chi connectivity index (χ1) is 9.10. The lowest BCUT2D eigenvalue weighted by Crippen LogP contribution is -2.37. The molecule has 0 fully saturated rings. The second kappa shape index (κ2) is 7.82. The molecule has 1 aromatic carbocycles. The van der Waals surface area contributed by atoms with Crippen LogP contribution in [0.4, 0.5) is 0 Å². The predicted octanol–water partition coefficient (Wildman–Crippen LogP) is 3.08. The van der Waals surface area contributed by atoms with E-state index < -0.39 is 0 Å². The molecule has 1 unspecified atom stereocenters. The van der Waals surface area contributed by atoms with Crippen LogP contribution in [0.2, 0.25) is 0 Å². The van der Waals surface area contributed by atoms with Gasteiger partial charge < -0.3 is 10.6 Å². The number of hydrogen-bond donors (Lipinski definition) is 1. The molecule has 1 rings (SSSR count). The summed E-state index contributed by atoms with van der Waals surface area (Å²) >= 11 is 0. The molecule has 0 amide bonds. The van der Waals surface area contributed by atoms with E-state index in [4.69, 9.17) is 5.73 Å². The third-order valence-corrected chi connectivity index (χ3v) is 3.57. The van der Waals surface area contributed by atoms with Crippen LogP contribution in [0.25, 0.3) is 0 Å². The van der Waals surface area contributed by atoms with E-state index in [1.165, 1.54) is 5.56 Å². The van der Waals surface area contributed by atoms with Crippen molar-refractivity contribution >= 4 is 5.96 Å². The summed E-state index contributed by atoms with van der Waals surface area (Å²) in [5, 5.41) is 0. The monoisotopic (exact) mass is 261 g/mol. The van der Waals surface area contributed by atoms with Gasteiger partial charge in [0.1, 0.15) is 0 Å². The predicted molar refractivity (Wildman–Crippen MR) is 83.4 cm³/mol. The highest BCUT2D eigenvalue weighted by atomic mass is 15.2. The fourth-order valence-electron chi connectivity index (χ4n) is 2.24. The fourth-order valence-corrected chi connectivity index (χ4v) is 2.24. The molecule has 106 valence electrons. The highest BCUT2D eigenvalue weighted by Gasteiger charge is 2.15. The molecule has 3 nitrogen and oxygen atoms in total. The smallest absolute Gasteiger partial charge is 0.191 e. The zero-order chi connectivity index (χ0) is 14.3. The van der Waals surface area contributed by atoms with Gasteiger partial charge in [0.15, 0.2) is 5.96 Å². The Balaban J connectivity index is 2.78. The number of aliphatic imine (C=N–C) groups is 1. The van der Waals surface area contributed by atoms with Crippen molar-refractivity contribution in [1.29, 1.82) is 0 Å². The summed E-state index contributed by atoms with van der Waals surface area (Å²) in [5.74, 6) is 1.64. The Hall–Kier alpha value is -1.51. The minimum Gasteiger partial charge on any atom is -0.370 e. The Labute approximate surface area is 117 Å². The molecule has 0 aromatic heterocycles. The van der Waals surface area contributed by atoms with Gasteiger partial charge in [0.2, 0.25) is 0 Å². The molecule has 0 aliphatic rings. The molecule has 0 saturated carbocycles. The molecule has 1 atom stereocenters. The summed E-state index contributed by atoms with van der Waals surface area (Å²) in [6, 6.07) is 10.6. The standard InChI is InChI=1S/C16H27N3/c1-5-19(6-2)16(17)18-12-15(13(3)4)14-10-8-7-9-11-14/h7-11,13,15H,5-6,12H2,1-4H3,(H2,17,18). The lowest BCUT2D eigenvalue weighted by Gasteiger charge is -2.23. The second-order valence-corrected chi connectivity index (χ2v) is 5.13. The third kappa shape index (κ3) is 4.58. The van der Waals surface area contributed by atoms with Gasteiger partial charge in [-0.1, -0.05) is 44.2 Å². The van der Waals surface area contributed by atoms with E-state index in [9.17, 15) is 0 Å². The molecule has 0 spiro atoms. The number of guanidine groups is 1. The van der Waals surface area contributed by atoms with Crippen molar-refractivity contribution in [1.82, 2.24) is 4.90 Å². The van der Waals surface area contributed by atoms with Gasteiger partial charge in [0.25, 0.3) is 0 Å². The number of rotatable bonds is 6. The molecule has 0 saturated heterocycles. The van der Waals surface area contributed by atoms with Gasteiger partial charge in [-0.15, -0.1) is 0 Å². The van der Waals surface area contributed by atoms with Crippen LogP contribution in [-0.4, -0.2) is 30.5 Å². The van der Waals surface area contributed by atoms with Crippen LogP contribution >= 0.6 is 0 Å². The molecule has 0 radical (unpaired) electrons. The minimum absolute atomic E-state index is 0.426. The van der Waals surface area contributed by atoms with E-state index >= 15 is 0 Å². The Morgan fingerprint density at radius 3 is 2.21 bits per heavy atom. The van der Waals surface area contributed by atoms with Crippen LogP contribution in [0.15, 0.2) is 35.3 Å². The summed E-state index contributed by atoms with van der Waals surface area (Å²) in [4.78, 5) is 6.67. The van der Waals surface area contributed by atoms with E-state index in [1.54, 1.807) is 0 Å². The molecule has 0 aliphatic carbocycles. The Morgan fingerprint density at radius 1 is 1.16 bits per heavy atom. The number of nitrogens with two attached hydrogens (primary N) is 1. The van der Waals surface area contributed by atoms with E-state index in [2.05, 4.69) is 67.9 Å². The first-order valence-electron chi connectivity index (χ1n) is 7.19. The van der Waals surface area contributed by atoms with E-state index in [0.29, 0.717) is 17.8 Å². The number of nitrogens with zero attached hydrogens (tertiary/aromatic N) is 2. The van der Waals surface area contributed by atoms with Crippen molar-refractivity contribution < 1.29 is 0 Å². The van der Waals surface area contributed by atoms with Gasteiger partial charge in [0, 0.05) is 25.6 Å². The van der Waals surface area contributed by atoms with Crippen LogP contribution in [0, 0.1) is 5.92 Å². The molecule has 0 aliphatic heterocycles. The molecule has 0 heterocycles. The van der Waals surface area contributed by atoms with E-state index in [0.717, 1.165) is 19.6 Å². The Morgan fingerprint density at radius 2 is 1.74 bits per heavy atom. The second-order valence-electron chi connectivity index (χ2n) is 5.13. The van der Waals surface area contributed by atoms with Gasteiger partial charge >= 0.3 is 0 Å². The summed E-state index contributed by atoms with van der Waals surface area (Å²) < 4.78 is 0. The number of hydrogen-bond acceptors (Lipinski definition) is 1. The van der Waals surface area contributed by atoms with Crippen molar-refractivity contribution in [2.75, 3.05) is 19.6 Å². The van der Waals surface area contributed by atoms with E-state index in [-0.39, 0.29) is 0 Å². The van der Waals surface area contributed by atoms with Gasteiger partial charge in [-0.2, -0.15) is 0 Å². The molecular weight excluding hydrogens is 234 g/mol. The van der Waals surface area contributed by atoms with Crippen LogP contribution in [0.1, 0.15) is 39.2 Å². The van der Waals surface area contributed by atoms with Gasteiger partial charge in [-0.05, 0) is 25.3 Å². The number of benzene rings is 1. The Kier molecular flexibility index (Phi) is 6.40. The maximum atomic E-state index is 6.04. The van der Waals surface area contributed by atoms with Crippen molar-refractivity contribution in [3.8, 4) is 0 Å². The molecule has 0 bridgehead atoms. The van der Waals surface area contributed by atoms with Crippen molar-refractivity contribution in [2.45, 2.75) is 33.6 Å². The summed E-state index contributed by atoms with van der Waals surface area (Å²) in [6.07, 6.45) is 0. The summed E-state index contributed by atoms with van der Waals surface area (Å²) in [7, 11) is 0.